The number of aliphatic hydroxyl groups excluding tert-OH is 1. The fraction of sp³-hybridized carbons (Fsp3) is 0.788. The van der Waals surface area contributed by atoms with E-state index in [1.54, 1.807) is 14.2 Å². The van der Waals surface area contributed by atoms with Gasteiger partial charge in [0, 0.05) is 32.6 Å². The molecule has 0 saturated heterocycles. The van der Waals surface area contributed by atoms with Gasteiger partial charge < -0.3 is 35.5 Å². The van der Waals surface area contributed by atoms with Crippen molar-refractivity contribution in [1.29, 1.82) is 0 Å². The van der Waals surface area contributed by atoms with Gasteiger partial charge >= 0.3 is 0 Å². The largest absolute Gasteiger partial charge is 0.493 e. The molecule has 41 heavy (non-hydrogen) atoms. The Hall–Kier alpha value is -1.87. The van der Waals surface area contributed by atoms with Crippen LogP contribution >= 0.6 is 0 Å². The van der Waals surface area contributed by atoms with E-state index >= 15 is 0 Å². The summed E-state index contributed by atoms with van der Waals surface area (Å²) in [6.45, 7) is 10.0. The molecule has 1 saturated carbocycles. The van der Waals surface area contributed by atoms with Crippen LogP contribution in [0.25, 0.3) is 0 Å². The van der Waals surface area contributed by atoms with Gasteiger partial charge in [0.2, 0.25) is 5.91 Å². The second-order valence-corrected chi connectivity index (χ2v) is 12.2. The van der Waals surface area contributed by atoms with Crippen molar-refractivity contribution in [2.45, 2.75) is 104 Å². The molecule has 2 unspecified atom stereocenters. The molecule has 0 aliphatic heterocycles. The molecule has 5 N–H and O–H groups in total. The topological polar surface area (TPSA) is 123 Å². The molecule has 8 nitrogen and oxygen atoms in total. The molecule has 0 heterocycles. The summed E-state index contributed by atoms with van der Waals surface area (Å²) in [6, 6.07) is 6.12. The van der Waals surface area contributed by atoms with Gasteiger partial charge in [0.05, 0.1) is 25.4 Å². The summed E-state index contributed by atoms with van der Waals surface area (Å²) in [6.07, 6.45) is 7.78. The van der Waals surface area contributed by atoms with Crippen LogP contribution in [0.2, 0.25) is 0 Å². The van der Waals surface area contributed by atoms with Gasteiger partial charge in [-0.1, -0.05) is 53.0 Å². The highest BCUT2D eigenvalue weighted by Crippen LogP contribution is 2.32. The van der Waals surface area contributed by atoms with Crippen LogP contribution in [0, 0.1) is 23.7 Å². The Morgan fingerprint density at radius 1 is 1.00 bits per heavy atom. The predicted octanol–water partition coefficient (Wildman–Crippen LogP) is 5.11. The fourth-order valence-corrected chi connectivity index (χ4v) is 5.59. The number of carbonyl (C=O) groups excluding carboxylic acids is 1. The van der Waals surface area contributed by atoms with Crippen molar-refractivity contribution in [2.75, 3.05) is 41.0 Å². The average molecular weight is 581 g/mol. The highest BCUT2D eigenvalue weighted by Gasteiger charge is 2.32. The van der Waals surface area contributed by atoms with Crippen LogP contribution in [0.1, 0.15) is 91.0 Å². The van der Waals surface area contributed by atoms with Gasteiger partial charge in [-0.15, -0.1) is 0 Å². The maximum atomic E-state index is 13.0. The number of nitrogens with two attached hydrogens (primary N) is 1. The molecular weight excluding hydrogens is 520 g/mol. The van der Waals surface area contributed by atoms with E-state index in [1.807, 2.05) is 19.9 Å². The van der Waals surface area contributed by atoms with Crippen LogP contribution in [0.3, 0.4) is 0 Å². The highest BCUT2D eigenvalue weighted by molar-refractivity contribution is 5.79. The lowest BCUT2D eigenvalue weighted by Gasteiger charge is -2.33. The minimum Gasteiger partial charge on any atom is -0.493 e. The third-order valence-electron chi connectivity index (χ3n) is 8.33. The minimum absolute atomic E-state index is 0.0558. The second-order valence-electron chi connectivity index (χ2n) is 12.2. The Labute approximate surface area is 249 Å². The van der Waals surface area contributed by atoms with Gasteiger partial charge in [-0.25, -0.2) is 0 Å². The quantitative estimate of drug-likeness (QED) is 0.178. The monoisotopic (exact) mass is 580 g/mol. The smallest absolute Gasteiger partial charge is 0.223 e. The van der Waals surface area contributed by atoms with Crippen molar-refractivity contribution >= 4 is 5.91 Å². The molecule has 3 atom stereocenters. The molecule has 1 fully saturated rings. The maximum Gasteiger partial charge on any atom is 0.223 e. The Morgan fingerprint density at radius 3 is 2.27 bits per heavy atom. The van der Waals surface area contributed by atoms with Crippen molar-refractivity contribution < 1.29 is 29.2 Å². The molecule has 1 aromatic rings. The van der Waals surface area contributed by atoms with Crippen LogP contribution in [0.5, 0.6) is 11.5 Å². The number of methoxy groups -OCH3 is 2. The molecule has 1 aromatic carbocycles. The molecule has 1 amide bonds. The van der Waals surface area contributed by atoms with Crippen LogP contribution < -0.4 is 20.5 Å². The minimum atomic E-state index is -0.783. The summed E-state index contributed by atoms with van der Waals surface area (Å²) in [5.41, 5.74) is 4.90. The van der Waals surface area contributed by atoms with Crippen LogP contribution in [-0.4, -0.2) is 68.9 Å². The molecule has 0 bridgehead atoms. The lowest BCUT2D eigenvalue weighted by Crippen LogP contribution is -2.46. The molecule has 2 rings (SSSR count). The number of benzene rings is 1. The summed E-state index contributed by atoms with van der Waals surface area (Å²) in [5, 5.41) is 24.7. The second kappa shape index (κ2) is 20.1. The zero-order valence-corrected chi connectivity index (χ0v) is 26.9. The number of hydrogen-bond acceptors (Lipinski definition) is 7. The van der Waals surface area contributed by atoms with Crippen molar-refractivity contribution in [3.05, 3.63) is 23.8 Å². The van der Waals surface area contributed by atoms with E-state index in [4.69, 9.17) is 14.2 Å². The van der Waals surface area contributed by atoms with Crippen LogP contribution in [0.4, 0.5) is 0 Å². The maximum absolute atomic E-state index is 13.0. The van der Waals surface area contributed by atoms with E-state index in [-0.39, 0.29) is 17.7 Å². The number of amides is 1. The molecule has 0 aromatic heterocycles. The summed E-state index contributed by atoms with van der Waals surface area (Å²) in [7, 11) is 4.84. The Bertz CT molecular complexity index is 841. The van der Waals surface area contributed by atoms with E-state index in [9.17, 15) is 15.0 Å². The van der Waals surface area contributed by atoms with Crippen LogP contribution in [0.15, 0.2) is 18.2 Å². The Kier molecular flexibility index (Phi) is 18.2. The zero-order valence-electron chi connectivity index (χ0n) is 26.9. The normalized spacial score (nSPS) is 16.9. The lowest BCUT2D eigenvalue weighted by atomic mass is 9.82. The zero-order chi connectivity index (χ0) is 30.8. The lowest BCUT2D eigenvalue weighted by molar-refractivity contribution is -0.129. The first-order chi connectivity index (χ1) is 19.6. The number of hydrogen-bond donors (Lipinski definition) is 4. The van der Waals surface area contributed by atoms with E-state index in [0.717, 1.165) is 62.9 Å². The molecule has 238 valence electrons. The standard InChI is InChI=1S/C32H55NO6.CH5N/c1-23(2)26(19-25-11-14-29(38-6)30(20-25)39-18-10-17-37-5)12-13-27(34)21-28(24(3)4)31(35)33-22-32(36)15-8-7-9-16-32;1-2/h11,14,20,23-24,26-28,34,36H,7-10,12-13,15-19,21-22H2,1-6H3,(H,33,35);2H2,1H3/t26?,27-,28?;/m1./s1. The summed E-state index contributed by atoms with van der Waals surface area (Å²) in [5.74, 6) is 2.10. The Balaban J connectivity index is 0.00000411. The number of rotatable bonds is 18. The molecule has 1 aliphatic carbocycles. The first-order valence-corrected chi connectivity index (χ1v) is 15.6. The predicted molar refractivity (Wildman–Crippen MR) is 166 cm³/mol. The van der Waals surface area contributed by atoms with E-state index < -0.39 is 11.7 Å². The third kappa shape index (κ3) is 13.8. The number of aliphatic hydroxyl groups is 2. The molecule has 8 heteroatoms. The van der Waals surface area contributed by atoms with Crippen molar-refractivity contribution in [2.24, 2.45) is 29.4 Å². The van der Waals surface area contributed by atoms with Crippen molar-refractivity contribution in [3.63, 3.8) is 0 Å². The Morgan fingerprint density at radius 2 is 1.68 bits per heavy atom. The summed E-state index contributed by atoms with van der Waals surface area (Å²) >= 11 is 0. The number of nitrogens with one attached hydrogen (secondary N) is 1. The summed E-state index contributed by atoms with van der Waals surface area (Å²) in [4.78, 5) is 13.0. The third-order valence-corrected chi connectivity index (χ3v) is 8.33. The fourth-order valence-electron chi connectivity index (χ4n) is 5.59. The molecule has 1 aliphatic rings. The van der Waals surface area contributed by atoms with Gasteiger partial charge in [-0.05, 0) is 81.0 Å². The van der Waals surface area contributed by atoms with E-state index in [0.29, 0.717) is 44.4 Å². The molecule has 0 spiro atoms. The first kappa shape index (κ1) is 37.2. The SMILES string of the molecule is CN.COCCCOc1cc(CC(CC[C@@H](O)CC(C(=O)NCC2(O)CCCCC2)C(C)C)C(C)C)ccc1OC. The van der Waals surface area contributed by atoms with Gasteiger partial charge in [-0.2, -0.15) is 0 Å². The summed E-state index contributed by atoms with van der Waals surface area (Å²) < 4.78 is 16.6. The van der Waals surface area contributed by atoms with Crippen molar-refractivity contribution in [1.82, 2.24) is 5.32 Å². The van der Waals surface area contributed by atoms with Gasteiger partial charge in [0.1, 0.15) is 0 Å². The van der Waals surface area contributed by atoms with Crippen molar-refractivity contribution in [3.8, 4) is 11.5 Å². The molecule has 0 radical (unpaired) electrons. The number of carbonyl (C=O) groups is 1. The van der Waals surface area contributed by atoms with Crippen LogP contribution in [-0.2, 0) is 16.0 Å². The highest BCUT2D eigenvalue weighted by atomic mass is 16.5. The van der Waals surface area contributed by atoms with E-state index in [2.05, 4.69) is 37.0 Å². The average Bonchev–Trinajstić information content (AvgIpc) is 2.96. The van der Waals surface area contributed by atoms with Gasteiger partial charge in [0.15, 0.2) is 11.5 Å². The first-order valence-electron chi connectivity index (χ1n) is 15.6. The number of ether oxygens (including phenoxy) is 3. The van der Waals surface area contributed by atoms with E-state index in [1.165, 1.54) is 12.6 Å². The molecular formula is C33H60N2O6. The van der Waals surface area contributed by atoms with Gasteiger partial charge in [0.25, 0.3) is 0 Å². The van der Waals surface area contributed by atoms with Gasteiger partial charge in [-0.3, -0.25) is 4.79 Å².